The number of methoxy groups -OCH3 is 3. The number of hydrogen-bond donors (Lipinski definition) is 1. The van der Waals surface area contributed by atoms with Gasteiger partial charge in [0.2, 0.25) is 10.0 Å². The normalized spacial score (nSPS) is 12.3. The molecule has 7 nitrogen and oxygen atoms in total. The van der Waals surface area contributed by atoms with Gasteiger partial charge in [-0.2, -0.15) is 4.72 Å². The first kappa shape index (κ1) is 18.8. The third-order valence-corrected chi connectivity index (χ3v) is 4.93. The first-order valence-electron chi connectivity index (χ1n) is 7.30. The molecule has 8 heteroatoms. The van der Waals surface area contributed by atoms with Crippen molar-refractivity contribution in [2.75, 3.05) is 21.3 Å². The lowest BCUT2D eigenvalue weighted by atomic mass is 10.1. The van der Waals surface area contributed by atoms with E-state index in [4.69, 9.17) is 14.2 Å². The van der Waals surface area contributed by atoms with E-state index in [2.05, 4.69) is 4.72 Å². The van der Waals surface area contributed by atoms with E-state index < -0.39 is 22.0 Å². The van der Waals surface area contributed by atoms with Gasteiger partial charge in [-0.25, -0.2) is 13.2 Å². The van der Waals surface area contributed by atoms with Crippen molar-refractivity contribution in [3.8, 4) is 11.5 Å². The molecular weight excluding hydrogens is 346 g/mol. The Bertz CT molecular complexity index is 835. The number of carbonyl (C=O) groups is 1. The van der Waals surface area contributed by atoms with Crippen LogP contribution >= 0.6 is 0 Å². The second-order valence-corrected chi connectivity index (χ2v) is 6.72. The third-order valence-electron chi connectivity index (χ3n) is 3.51. The maximum Gasteiger partial charge on any atom is 0.328 e. The van der Waals surface area contributed by atoms with E-state index in [1.807, 2.05) is 0 Å². The molecule has 1 N–H and O–H groups in total. The molecule has 134 valence electrons. The molecule has 0 aliphatic rings. The summed E-state index contributed by atoms with van der Waals surface area (Å²) in [6.07, 6.45) is 0. The van der Waals surface area contributed by atoms with Crippen molar-refractivity contribution in [2.45, 2.75) is 10.9 Å². The molecule has 2 rings (SSSR count). The van der Waals surface area contributed by atoms with Crippen molar-refractivity contribution < 1.29 is 27.4 Å². The summed E-state index contributed by atoms with van der Waals surface area (Å²) in [4.78, 5) is 12.0. The number of carbonyl (C=O) groups excluding carboxylic acids is 1. The Morgan fingerprint density at radius 3 is 2.16 bits per heavy atom. The molecule has 0 aromatic heterocycles. The van der Waals surface area contributed by atoms with Crippen molar-refractivity contribution >= 4 is 16.0 Å². The van der Waals surface area contributed by atoms with Gasteiger partial charge in [0.1, 0.15) is 6.04 Å². The van der Waals surface area contributed by atoms with Gasteiger partial charge in [0.15, 0.2) is 11.5 Å². The first-order valence-corrected chi connectivity index (χ1v) is 8.78. The molecule has 0 saturated heterocycles. The Morgan fingerprint density at radius 2 is 1.60 bits per heavy atom. The van der Waals surface area contributed by atoms with Crippen molar-refractivity contribution in [1.82, 2.24) is 4.72 Å². The molecule has 0 amide bonds. The van der Waals surface area contributed by atoms with Crippen LogP contribution in [0, 0.1) is 0 Å². The first-order chi connectivity index (χ1) is 11.9. The molecule has 0 bridgehead atoms. The lowest BCUT2D eigenvalue weighted by Crippen LogP contribution is -2.34. The maximum atomic E-state index is 12.7. The highest BCUT2D eigenvalue weighted by Gasteiger charge is 2.28. The van der Waals surface area contributed by atoms with Gasteiger partial charge in [-0.05, 0) is 17.7 Å². The van der Waals surface area contributed by atoms with Crippen LogP contribution in [0.25, 0.3) is 0 Å². The summed E-state index contributed by atoms with van der Waals surface area (Å²) in [5, 5.41) is 0. The summed E-state index contributed by atoms with van der Waals surface area (Å²) in [6, 6.07) is 11.4. The van der Waals surface area contributed by atoms with Crippen molar-refractivity contribution in [2.24, 2.45) is 0 Å². The van der Waals surface area contributed by atoms with Crippen molar-refractivity contribution in [3.05, 3.63) is 54.1 Å². The minimum atomic E-state index is -4.01. The van der Waals surface area contributed by atoms with Crippen LogP contribution in [-0.4, -0.2) is 35.7 Å². The van der Waals surface area contributed by atoms with E-state index >= 15 is 0 Å². The highest BCUT2D eigenvalue weighted by Crippen LogP contribution is 2.30. The zero-order valence-electron chi connectivity index (χ0n) is 14.1. The molecule has 2 aromatic carbocycles. The highest BCUT2D eigenvalue weighted by molar-refractivity contribution is 7.89. The second kappa shape index (κ2) is 8.00. The van der Waals surface area contributed by atoms with Crippen LogP contribution in [0.3, 0.4) is 0 Å². The molecule has 0 radical (unpaired) electrons. The third kappa shape index (κ3) is 4.28. The van der Waals surface area contributed by atoms with Gasteiger partial charge < -0.3 is 14.2 Å². The molecule has 0 aliphatic heterocycles. The van der Waals surface area contributed by atoms with Gasteiger partial charge in [-0.15, -0.1) is 0 Å². The van der Waals surface area contributed by atoms with Crippen LogP contribution in [0.4, 0.5) is 0 Å². The predicted octanol–water partition coefficient (Wildman–Crippen LogP) is 1.90. The SMILES string of the molecule is COC(=O)C(NS(=O)(=O)c1ccc(OC)c(OC)c1)c1ccccc1. The summed E-state index contributed by atoms with van der Waals surface area (Å²) >= 11 is 0. The Balaban J connectivity index is 2.39. The number of esters is 1. The molecule has 0 heterocycles. The molecule has 0 spiro atoms. The Hall–Kier alpha value is -2.58. The monoisotopic (exact) mass is 365 g/mol. The summed E-state index contributed by atoms with van der Waals surface area (Å²) in [5.74, 6) is -0.0519. The fraction of sp³-hybridized carbons (Fsp3) is 0.235. The Morgan fingerprint density at radius 1 is 0.960 bits per heavy atom. The largest absolute Gasteiger partial charge is 0.493 e. The zero-order chi connectivity index (χ0) is 18.4. The minimum absolute atomic E-state index is 0.0602. The second-order valence-electron chi connectivity index (χ2n) is 5.00. The molecule has 0 fully saturated rings. The van der Waals surface area contributed by atoms with Gasteiger partial charge in [-0.3, -0.25) is 0 Å². The van der Waals surface area contributed by atoms with Gasteiger partial charge in [0.25, 0.3) is 0 Å². The molecular formula is C17H19NO6S. The maximum absolute atomic E-state index is 12.7. The number of sulfonamides is 1. The quantitative estimate of drug-likeness (QED) is 0.754. The lowest BCUT2D eigenvalue weighted by Gasteiger charge is -2.17. The Labute approximate surface area is 146 Å². The fourth-order valence-corrected chi connectivity index (χ4v) is 3.41. The molecule has 0 saturated carbocycles. The van der Waals surface area contributed by atoms with Gasteiger partial charge in [0, 0.05) is 6.07 Å². The van der Waals surface area contributed by atoms with Crippen molar-refractivity contribution in [1.29, 1.82) is 0 Å². The number of hydrogen-bond acceptors (Lipinski definition) is 6. The number of benzene rings is 2. The van der Waals surface area contributed by atoms with Crippen LogP contribution in [0.2, 0.25) is 0 Å². The predicted molar refractivity (Wildman–Crippen MR) is 91.1 cm³/mol. The van der Waals surface area contributed by atoms with Gasteiger partial charge >= 0.3 is 5.97 Å². The smallest absolute Gasteiger partial charge is 0.328 e. The molecule has 0 aliphatic carbocycles. The van der Waals surface area contributed by atoms with Crippen LogP contribution in [0.1, 0.15) is 11.6 Å². The molecule has 1 atom stereocenters. The number of rotatable bonds is 7. The van der Waals surface area contributed by atoms with E-state index in [0.29, 0.717) is 11.3 Å². The van der Waals surface area contributed by atoms with E-state index in [9.17, 15) is 13.2 Å². The number of ether oxygens (including phenoxy) is 3. The molecule has 2 aromatic rings. The van der Waals surface area contributed by atoms with E-state index in [1.54, 1.807) is 30.3 Å². The van der Waals surface area contributed by atoms with E-state index in [-0.39, 0.29) is 10.6 Å². The van der Waals surface area contributed by atoms with Crippen LogP contribution in [-0.2, 0) is 19.6 Å². The van der Waals surface area contributed by atoms with Gasteiger partial charge in [0.05, 0.1) is 26.2 Å². The summed E-state index contributed by atoms with van der Waals surface area (Å²) in [7, 11) is 0.0477. The minimum Gasteiger partial charge on any atom is -0.493 e. The summed E-state index contributed by atoms with van der Waals surface area (Å²) < 4.78 is 42.7. The zero-order valence-corrected chi connectivity index (χ0v) is 14.9. The van der Waals surface area contributed by atoms with Crippen molar-refractivity contribution in [3.63, 3.8) is 0 Å². The van der Waals surface area contributed by atoms with Gasteiger partial charge in [-0.1, -0.05) is 30.3 Å². The fourth-order valence-electron chi connectivity index (χ4n) is 2.22. The Kier molecular flexibility index (Phi) is 6.00. The van der Waals surface area contributed by atoms with Crippen LogP contribution < -0.4 is 14.2 Å². The highest BCUT2D eigenvalue weighted by atomic mass is 32.2. The van der Waals surface area contributed by atoms with E-state index in [1.165, 1.54) is 39.5 Å². The lowest BCUT2D eigenvalue weighted by molar-refractivity contribution is -0.142. The summed E-state index contributed by atoms with van der Waals surface area (Å²) in [6.45, 7) is 0. The van der Waals surface area contributed by atoms with E-state index in [0.717, 1.165) is 0 Å². The topological polar surface area (TPSA) is 90.9 Å². The number of nitrogens with one attached hydrogen (secondary N) is 1. The molecule has 25 heavy (non-hydrogen) atoms. The van der Waals surface area contributed by atoms with Crippen LogP contribution in [0.15, 0.2) is 53.4 Å². The molecule has 1 unspecified atom stereocenters. The average molecular weight is 365 g/mol. The van der Waals surface area contributed by atoms with Crippen LogP contribution in [0.5, 0.6) is 11.5 Å². The summed E-state index contributed by atoms with van der Waals surface area (Å²) in [5.41, 5.74) is 0.471. The standard InChI is InChI=1S/C17H19NO6S/c1-22-14-10-9-13(11-15(14)23-2)25(20,21)18-16(17(19)24-3)12-7-5-4-6-8-12/h4-11,16,18H,1-3H3. The average Bonchev–Trinajstić information content (AvgIpc) is 2.65.